The van der Waals surface area contributed by atoms with E-state index in [2.05, 4.69) is 31.3 Å². The van der Waals surface area contributed by atoms with Crippen molar-refractivity contribution in [1.29, 1.82) is 0 Å². The number of carbonyl (C=O) groups excluding carboxylic acids is 1. The van der Waals surface area contributed by atoms with Crippen molar-refractivity contribution in [2.75, 3.05) is 29.5 Å². The number of rotatable bonds is 8. The Hall–Kier alpha value is -2.92. The fraction of sp³-hybridized carbons (Fsp3) is 0.208. The van der Waals surface area contributed by atoms with E-state index in [1.807, 2.05) is 30.3 Å². The number of hydrogen-bond donors (Lipinski definition) is 3. The average Bonchev–Trinajstić information content (AvgIpc) is 3.28. The average molecular weight is 569 g/mol. The predicted molar refractivity (Wildman–Crippen MR) is 133 cm³/mol. The third kappa shape index (κ3) is 6.82. The maximum absolute atomic E-state index is 12.7. The molecule has 1 amide bonds. The summed E-state index contributed by atoms with van der Waals surface area (Å²) in [6, 6.07) is 18.2. The monoisotopic (exact) mass is 567 g/mol. The molecule has 0 radical (unpaired) electrons. The molecule has 35 heavy (non-hydrogen) atoms. The van der Waals surface area contributed by atoms with Crippen molar-refractivity contribution >= 4 is 50.5 Å². The zero-order valence-corrected chi connectivity index (χ0v) is 20.5. The molecule has 1 saturated heterocycles. The van der Waals surface area contributed by atoms with Gasteiger partial charge in [-0.3, -0.25) is 4.79 Å². The Morgan fingerprint density at radius 3 is 2.54 bits per heavy atom. The Morgan fingerprint density at radius 1 is 1.17 bits per heavy atom. The van der Waals surface area contributed by atoms with Crippen molar-refractivity contribution in [3.63, 3.8) is 0 Å². The van der Waals surface area contributed by atoms with Gasteiger partial charge in [0.05, 0.1) is 18.0 Å². The second kappa shape index (κ2) is 10.8. The van der Waals surface area contributed by atoms with Crippen LogP contribution in [-0.2, 0) is 9.47 Å². The molecule has 0 saturated carbocycles. The van der Waals surface area contributed by atoms with Gasteiger partial charge in [-0.05, 0) is 52.3 Å². The number of nitrogen functional groups attached to an aromatic ring is 1. The molecule has 1 aliphatic rings. The number of nitrogens with one attached hydrogen (secondary N) is 2. The maximum atomic E-state index is 12.7. The van der Waals surface area contributed by atoms with E-state index in [4.69, 9.17) is 26.8 Å². The van der Waals surface area contributed by atoms with E-state index in [1.54, 1.807) is 6.07 Å². The van der Waals surface area contributed by atoms with Gasteiger partial charge in [-0.1, -0.05) is 30.3 Å². The molecule has 3 aromatic rings. The molecule has 4 rings (SSSR count). The fourth-order valence-corrected chi connectivity index (χ4v) is 4.15. The molecule has 0 unspecified atom stereocenters. The largest absolute Gasteiger partial charge is 0.487 e. The van der Waals surface area contributed by atoms with E-state index < -0.39 is 17.8 Å². The minimum Gasteiger partial charge on any atom is -0.420 e. The maximum Gasteiger partial charge on any atom is 0.487 e. The summed E-state index contributed by atoms with van der Waals surface area (Å²) in [7, 11) is 0. The molecule has 0 aliphatic carbocycles. The van der Waals surface area contributed by atoms with Crippen LogP contribution >= 0.6 is 27.5 Å². The van der Waals surface area contributed by atoms with Crippen LogP contribution in [0.1, 0.15) is 22.2 Å². The van der Waals surface area contributed by atoms with Crippen LogP contribution in [0.2, 0.25) is 0 Å². The van der Waals surface area contributed by atoms with Crippen molar-refractivity contribution < 1.29 is 27.8 Å². The number of halogens is 4. The minimum absolute atomic E-state index is 0.142. The number of amides is 1. The third-order valence-electron chi connectivity index (χ3n) is 5.06. The van der Waals surface area contributed by atoms with Gasteiger partial charge in [-0.15, -0.1) is 8.78 Å². The first-order valence-corrected chi connectivity index (χ1v) is 11.7. The van der Waals surface area contributed by atoms with Gasteiger partial charge in [0.2, 0.25) is 0 Å². The van der Waals surface area contributed by atoms with Gasteiger partial charge >= 0.3 is 5.57 Å². The molecule has 3 aromatic carbocycles. The highest BCUT2D eigenvalue weighted by Gasteiger charge is 2.28. The summed E-state index contributed by atoms with van der Waals surface area (Å²) in [5.74, 6) is -0.573. The Morgan fingerprint density at radius 2 is 1.89 bits per heavy atom. The first-order chi connectivity index (χ1) is 16.7. The first-order valence-electron chi connectivity index (χ1n) is 10.5. The van der Waals surface area contributed by atoms with Crippen molar-refractivity contribution in [3.8, 4) is 5.75 Å². The van der Waals surface area contributed by atoms with Crippen LogP contribution in [0.4, 0.5) is 25.8 Å². The predicted octanol–water partition coefficient (Wildman–Crippen LogP) is 5.98. The van der Waals surface area contributed by atoms with Crippen LogP contribution < -0.4 is 21.1 Å². The van der Waals surface area contributed by atoms with Crippen LogP contribution in [0.3, 0.4) is 0 Å². The zero-order valence-electron chi connectivity index (χ0n) is 18.1. The number of anilines is 3. The summed E-state index contributed by atoms with van der Waals surface area (Å²) >= 11 is 8.20. The van der Waals surface area contributed by atoms with Crippen LogP contribution in [0, 0.1) is 0 Å². The highest BCUT2D eigenvalue weighted by Crippen LogP contribution is 2.33. The van der Waals surface area contributed by atoms with E-state index in [9.17, 15) is 13.6 Å². The summed E-state index contributed by atoms with van der Waals surface area (Å²) in [5.41, 5.74) is 4.99. The van der Waals surface area contributed by atoms with E-state index in [0.717, 1.165) is 5.56 Å². The molecule has 1 fully saturated rings. The summed E-state index contributed by atoms with van der Waals surface area (Å²) < 4.78 is 42.0. The standard InChI is InChI=1S/C24H21BrClF2N3O4/c25-19-10-15(22(32)31-16-6-8-17(9-7-16)35-24(26,27)28)11-20(29)21(19)30-12-18-13-33-23(34-18)14-4-2-1-3-5-14/h1-11,18,23,30H,12-13,29H2,(H,31,32)/t18-,23-/m0/s1. The molecule has 4 N–H and O–H groups in total. The molecule has 1 aliphatic heterocycles. The molecule has 1 heterocycles. The molecule has 7 nitrogen and oxygen atoms in total. The van der Waals surface area contributed by atoms with Gasteiger partial charge in [-0.2, -0.15) is 0 Å². The Labute approximate surface area is 213 Å². The zero-order chi connectivity index (χ0) is 25.0. The number of benzene rings is 3. The van der Waals surface area contributed by atoms with Gasteiger partial charge in [0.1, 0.15) is 11.9 Å². The van der Waals surface area contributed by atoms with Crippen LogP contribution in [-0.4, -0.2) is 30.7 Å². The SMILES string of the molecule is Nc1cc(C(=O)Nc2ccc(OC(F)(F)Cl)cc2)cc(Br)c1NC[C@H]1CO[C@H](c2ccccc2)O1. The summed E-state index contributed by atoms with van der Waals surface area (Å²) in [5, 5.41) is 5.91. The number of ether oxygens (including phenoxy) is 3. The molecule has 0 bridgehead atoms. The van der Waals surface area contributed by atoms with Crippen LogP contribution in [0.15, 0.2) is 71.2 Å². The minimum atomic E-state index is -3.81. The lowest BCUT2D eigenvalue weighted by atomic mass is 10.1. The number of nitrogens with two attached hydrogens (primary N) is 1. The lowest BCUT2D eigenvalue weighted by molar-refractivity contribution is -0.0964. The van der Waals surface area contributed by atoms with Crippen molar-refractivity contribution in [1.82, 2.24) is 0 Å². The summed E-state index contributed by atoms with van der Waals surface area (Å²) in [4.78, 5) is 12.7. The first kappa shape index (κ1) is 25.2. The lowest BCUT2D eigenvalue weighted by Crippen LogP contribution is -2.22. The molecular formula is C24H21BrClF2N3O4. The van der Waals surface area contributed by atoms with Crippen molar-refractivity contribution in [2.45, 2.75) is 18.0 Å². The molecule has 0 spiro atoms. The normalized spacial score (nSPS) is 17.7. The third-order valence-corrected chi connectivity index (χ3v) is 5.76. The second-order valence-electron chi connectivity index (χ2n) is 7.66. The highest BCUT2D eigenvalue weighted by molar-refractivity contribution is 9.10. The topological polar surface area (TPSA) is 94.8 Å². The van der Waals surface area contributed by atoms with E-state index >= 15 is 0 Å². The Bertz CT molecular complexity index is 1160. The molecule has 0 aromatic heterocycles. The fourth-order valence-electron chi connectivity index (χ4n) is 3.44. The Balaban J connectivity index is 1.34. The van der Waals surface area contributed by atoms with E-state index in [-0.39, 0.29) is 11.9 Å². The summed E-state index contributed by atoms with van der Waals surface area (Å²) in [6.45, 7) is 0.879. The van der Waals surface area contributed by atoms with E-state index in [0.29, 0.717) is 40.2 Å². The van der Waals surface area contributed by atoms with Gasteiger partial charge in [0.25, 0.3) is 5.91 Å². The van der Waals surface area contributed by atoms with Gasteiger partial charge < -0.3 is 30.6 Å². The number of alkyl halides is 3. The van der Waals surface area contributed by atoms with Gasteiger partial charge in [0, 0.05) is 39.4 Å². The lowest BCUT2D eigenvalue weighted by Gasteiger charge is -2.16. The highest BCUT2D eigenvalue weighted by atomic mass is 79.9. The van der Waals surface area contributed by atoms with Gasteiger partial charge in [-0.25, -0.2) is 0 Å². The number of hydrogen-bond acceptors (Lipinski definition) is 6. The molecule has 2 atom stereocenters. The molecular weight excluding hydrogens is 548 g/mol. The molecule has 184 valence electrons. The smallest absolute Gasteiger partial charge is 0.420 e. The molecule has 11 heteroatoms. The van der Waals surface area contributed by atoms with Crippen molar-refractivity contribution in [3.05, 3.63) is 82.3 Å². The second-order valence-corrected chi connectivity index (χ2v) is 8.96. The number of carbonyl (C=O) groups is 1. The quantitative estimate of drug-likeness (QED) is 0.229. The van der Waals surface area contributed by atoms with E-state index in [1.165, 1.54) is 30.3 Å². The van der Waals surface area contributed by atoms with Gasteiger partial charge in [0.15, 0.2) is 6.29 Å². The van der Waals surface area contributed by atoms with Crippen LogP contribution in [0.5, 0.6) is 5.75 Å². The Kier molecular flexibility index (Phi) is 7.75. The van der Waals surface area contributed by atoms with Crippen molar-refractivity contribution in [2.24, 2.45) is 0 Å². The van der Waals surface area contributed by atoms with Crippen LogP contribution in [0.25, 0.3) is 0 Å². The summed E-state index contributed by atoms with van der Waals surface area (Å²) in [6.07, 6.45) is -0.595.